The van der Waals surface area contributed by atoms with E-state index in [4.69, 9.17) is 17.2 Å². The van der Waals surface area contributed by atoms with Crippen LogP contribution in [0, 0.1) is 0 Å². The number of anilines is 4. The molecule has 30 heavy (non-hydrogen) atoms. The largest absolute Gasteiger partial charge is 0.399 e. The molecule has 0 heterocycles. The van der Waals surface area contributed by atoms with Gasteiger partial charge in [0.15, 0.2) is 0 Å². The lowest BCUT2D eigenvalue weighted by Crippen LogP contribution is -2.32. The quantitative estimate of drug-likeness (QED) is 0.429. The lowest BCUT2D eigenvalue weighted by molar-refractivity contribution is 0.476. The fourth-order valence-corrected chi connectivity index (χ4v) is 3.46. The van der Waals surface area contributed by atoms with E-state index in [1.165, 1.54) is 0 Å². The summed E-state index contributed by atoms with van der Waals surface area (Å²) >= 11 is 0. The van der Waals surface area contributed by atoms with Crippen molar-refractivity contribution >= 4 is 22.7 Å². The van der Waals surface area contributed by atoms with E-state index in [0.717, 1.165) is 46.7 Å². The minimum Gasteiger partial charge on any atom is -0.399 e. The summed E-state index contributed by atoms with van der Waals surface area (Å²) in [4.78, 5) is 2.21. The molecule has 3 rings (SSSR count). The van der Waals surface area contributed by atoms with Crippen molar-refractivity contribution in [1.29, 1.82) is 0 Å². The molecule has 0 bridgehead atoms. The van der Waals surface area contributed by atoms with Crippen LogP contribution in [0.1, 0.15) is 51.7 Å². The number of hydrogen-bond donors (Lipinski definition) is 3. The van der Waals surface area contributed by atoms with Crippen LogP contribution in [0.5, 0.6) is 0 Å². The molecule has 4 heteroatoms. The van der Waals surface area contributed by atoms with Crippen LogP contribution in [-0.4, -0.2) is 0 Å². The molecule has 4 nitrogen and oxygen atoms in total. The monoisotopic (exact) mass is 402 g/mol. The van der Waals surface area contributed by atoms with Crippen LogP contribution >= 0.6 is 0 Å². The summed E-state index contributed by atoms with van der Waals surface area (Å²) in [5.74, 6) is 0. The second-order valence-corrected chi connectivity index (χ2v) is 8.56. The highest BCUT2D eigenvalue weighted by molar-refractivity contribution is 5.77. The Morgan fingerprint density at radius 1 is 0.600 bits per heavy atom. The van der Waals surface area contributed by atoms with E-state index in [1.807, 2.05) is 24.3 Å². The smallest absolute Gasteiger partial charge is 0.0463 e. The molecule has 0 amide bonds. The van der Waals surface area contributed by atoms with Crippen molar-refractivity contribution in [2.45, 2.75) is 51.6 Å². The van der Waals surface area contributed by atoms with E-state index in [-0.39, 0.29) is 11.1 Å². The highest BCUT2D eigenvalue weighted by Crippen LogP contribution is 2.36. The lowest BCUT2D eigenvalue weighted by Gasteiger charge is -2.29. The maximum absolute atomic E-state index is 6.43. The third-order valence-corrected chi connectivity index (χ3v) is 6.19. The van der Waals surface area contributed by atoms with Gasteiger partial charge in [0.05, 0.1) is 0 Å². The molecule has 3 aromatic rings. The standard InChI is InChI=1S/C26H34N4/c1-5-25(3,28)19-7-13-22(14-8-19)30(24-17-11-21(27)12-18-24)23-15-9-20(10-16-23)26(4,29)6-2/h7-18H,5-6,27-29H2,1-4H3/t25-,26?/m0/s1. The van der Waals surface area contributed by atoms with Crippen LogP contribution < -0.4 is 22.1 Å². The average molecular weight is 403 g/mol. The number of benzene rings is 3. The van der Waals surface area contributed by atoms with Gasteiger partial charge in [0.25, 0.3) is 0 Å². The van der Waals surface area contributed by atoms with Gasteiger partial charge in [-0.2, -0.15) is 0 Å². The zero-order chi connectivity index (χ0) is 21.9. The van der Waals surface area contributed by atoms with E-state index < -0.39 is 0 Å². The van der Waals surface area contributed by atoms with E-state index in [2.05, 4.69) is 81.1 Å². The van der Waals surface area contributed by atoms with Crippen LogP contribution in [0.2, 0.25) is 0 Å². The third kappa shape index (κ3) is 4.50. The summed E-state index contributed by atoms with van der Waals surface area (Å²) in [6.07, 6.45) is 1.76. The SMILES string of the molecule is CCC(C)(N)c1ccc(N(c2ccc(N)cc2)c2ccc([C@@](C)(N)CC)cc2)cc1. The van der Waals surface area contributed by atoms with Gasteiger partial charge in [0.1, 0.15) is 0 Å². The van der Waals surface area contributed by atoms with Crippen molar-refractivity contribution in [3.05, 3.63) is 83.9 Å². The first-order valence-electron chi connectivity index (χ1n) is 10.6. The minimum atomic E-state index is -0.335. The molecular formula is C26H34N4. The predicted octanol–water partition coefficient (Wildman–Crippen LogP) is 5.91. The van der Waals surface area contributed by atoms with Gasteiger partial charge in [0.2, 0.25) is 0 Å². The molecular weight excluding hydrogens is 368 g/mol. The van der Waals surface area contributed by atoms with Crippen LogP contribution in [0.15, 0.2) is 72.8 Å². The summed E-state index contributed by atoms with van der Waals surface area (Å²) in [7, 11) is 0. The Morgan fingerprint density at radius 3 is 1.20 bits per heavy atom. The number of nitrogens with zero attached hydrogens (tertiary/aromatic N) is 1. The third-order valence-electron chi connectivity index (χ3n) is 6.19. The Hall–Kier alpha value is -2.82. The maximum Gasteiger partial charge on any atom is 0.0463 e. The fourth-order valence-electron chi connectivity index (χ4n) is 3.46. The molecule has 0 radical (unpaired) electrons. The van der Waals surface area contributed by atoms with Crippen LogP contribution in [0.4, 0.5) is 22.7 Å². The molecule has 0 aliphatic rings. The van der Waals surface area contributed by atoms with Gasteiger partial charge in [-0.05, 0) is 86.3 Å². The first-order chi connectivity index (χ1) is 14.2. The summed E-state index contributed by atoms with van der Waals surface area (Å²) in [6.45, 7) is 8.35. The predicted molar refractivity (Wildman–Crippen MR) is 129 cm³/mol. The maximum atomic E-state index is 6.43. The van der Waals surface area contributed by atoms with Crippen LogP contribution in [-0.2, 0) is 11.1 Å². The van der Waals surface area contributed by atoms with Gasteiger partial charge in [-0.25, -0.2) is 0 Å². The molecule has 0 saturated heterocycles. The van der Waals surface area contributed by atoms with Crippen LogP contribution in [0.3, 0.4) is 0 Å². The molecule has 0 spiro atoms. The molecule has 6 N–H and O–H groups in total. The molecule has 3 aromatic carbocycles. The number of nitrogen functional groups attached to an aromatic ring is 1. The molecule has 0 fully saturated rings. The normalized spacial score (nSPS) is 15.3. The Labute approximate surface area is 180 Å². The Bertz CT molecular complexity index is 896. The molecule has 0 saturated carbocycles. The highest BCUT2D eigenvalue weighted by atomic mass is 15.1. The van der Waals surface area contributed by atoms with E-state index in [0.29, 0.717) is 0 Å². The molecule has 158 valence electrons. The summed E-state index contributed by atoms with van der Waals surface area (Å²) in [6, 6.07) is 24.9. The van der Waals surface area contributed by atoms with Crippen molar-refractivity contribution in [2.75, 3.05) is 10.6 Å². The van der Waals surface area contributed by atoms with E-state index in [9.17, 15) is 0 Å². The lowest BCUT2D eigenvalue weighted by atomic mass is 9.90. The molecule has 0 aliphatic carbocycles. The second kappa shape index (κ2) is 8.50. The fraction of sp³-hybridized carbons (Fsp3) is 0.308. The Kier molecular flexibility index (Phi) is 6.20. The highest BCUT2D eigenvalue weighted by Gasteiger charge is 2.21. The van der Waals surface area contributed by atoms with Crippen molar-refractivity contribution in [2.24, 2.45) is 11.5 Å². The summed E-state index contributed by atoms with van der Waals surface area (Å²) < 4.78 is 0. The summed E-state index contributed by atoms with van der Waals surface area (Å²) in [5.41, 5.74) is 24.3. The van der Waals surface area contributed by atoms with Crippen molar-refractivity contribution in [1.82, 2.24) is 0 Å². The van der Waals surface area contributed by atoms with Crippen molar-refractivity contribution in [3.63, 3.8) is 0 Å². The van der Waals surface area contributed by atoms with Crippen molar-refractivity contribution in [3.8, 4) is 0 Å². The van der Waals surface area contributed by atoms with Crippen molar-refractivity contribution < 1.29 is 0 Å². The molecule has 0 aliphatic heterocycles. The summed E-state index contributed by atoms with van der Waals surface area (Å²) in [5, 5.41) is 0. The van der Waals surface area contributed by atoms with E-state index >= 15 is 0 Å². The van der Waals surface area contributed by atoms with Gasteiger partial charge >= 0.3 is 0 Å². The first-order valence-corrected chi connectivity index (χ1v) is 10.6. The zero-order valence-corrected chi connectivity index (χ0v) is 18.5. The van der Waals surface area contributed by atoms with Crippen LogP contribution in [0.25, 0.3) is 0 Å². The van der Waals surface area contributed by atoms with Gasteiger partial charge < -0.3 is 22.1 Å². The number of nitrogens with two attached hydrogens (primary N) is 3. The molecule has 1 unspecified atom stereocenters. The van der Waals surface area contributed by atoms with Gasteiger partial charge in [-0.1, -0.05) is 38.1 Å². The number of rotatable bonds is 7. The average Bonchev–Trinajstić information content (AvgIpc) is 2.76. The van der Waals surface area contributed by atoms with Gasteiger partial charge in [0, 0.05) is 33.8 Å². The first kappa shape index (κ1) is 21.9. The number of hydrogen-bond acceptors (Lipinski definition) is 4. The molecule has 2 atom stereocenters. The second-order valence-electron chi connectivity index (χ2n) is 8.56. The zero-order valence-electron chi connectivity index (χ0n) is 18.5. The topological polar surface area (TPSA) is 81.3 Å². The van der Waals surface area contributed by atoms with Gasteiger partial charge in [-0.15, -0.1) is 0 Å². The Morgan fingerprint density at radius 2 is 0.900 bits per heavy atom. The minimum absolute atomic E-state index is 0.335. The van der Waals surface area contributed by atoms with E-state index in [1.54, 1.807) is 0 Å². The molecule has 0 aromatic heterocycles. The van der Waals surface area contributed by atoms with Gasteiger partial charge in [-0.3, -0.25) is 0 Å². The Balaban J connectivity index is 2.05.